The largest absolute Gasteiger partial charge is 0.468 e. The van der Waals surface area contributed by atoms with E-state index in [2.05, 4.69) is 0 Å². The quantitative estimate of drug-likeness (QED) is 0.853. The van der Waals surface area contributed by atoms with Gasteiger partial charge in [0, 0.05) is 12.1 Å². The van der Waals surface area contributed by atoms with E-state index in [0.29, 0.717) is 16.3 Å². The van der Waals surface area contributed by atoms with Crippen molar-refractivity contribution < 1.29 is 12.8 Å². The van der Waals surface area contributed by atoms with Crippen LogP contribution in [0.2, 0.25) is 5.02 Å². The molecule has 0 aliphatic heterocycles. The highest BCUT2D eigenvalue weighted by molar-refractivity contribution is 7.88. The van der Waals surface area contributed by atoms with Gasteiger partial charge in [-0.05, 0) is 23.8 Å². The number of halogens is 1. The number of furan rings is 1. The zero-order valence-electron chi connectivity index (χ0n) is 10.4. The first-order valence-electron chi connectivity index (χ1n) is 5.69. The lowest BCUT2D eigenvalue weighted by Gasteiger charge is -2.16. The van der Waals surface area contributed by atoms with E-state index in [4.69, 9.17) is 16.0 Å². The first-order valence-corrected chi connectivity index (χ1v) is 7.67. The van der Waals surface area contributed by atoms with Gasteiger partial charge in [-0.2, -0.15) is 4.31 Å². The highest BCUT2D eigenvalue weighted by Gasteiger charge is 2.20. The maximum atomic E-state index is 12.2. The summed E-state index contributed by atoms with van der Waals surface area (Å²) in [6, 6.07) is 10.4. The van der Waals surface area contributed by atoms with Crippen LogP contribution in [0.25, 0.3) is 0 Å². The summed E-state index contributed by atoms with van der Waals surface area (Å²) in [4.78, 5) is 0. The molecule has 0 atom stereocenters. The highest BCUT2D eigenvalue weighted by atomic mass is 35.5. The lowest BCUT2D eigenvalue weighted by molar-refractivity contribution is 0.406. The Morgan fingerprint density at radius 1 is 1.21 bits per heavy atom. The monoisotopic (exact) mass is 299 g/mol. The van der Waals surface area contributed by atoms with E-state index >= 15 is 0 Å². The molecule has 0 aliphatic carbocycles. The van der Waals surface area contributed by atoms with Crippen LogP contribution in [-0.2, 0) is 22.3 Å². The van der Waals surface area contributed by atoms with Crippen LogP contribution in [0.1, 0.15) is 11.3 Å². The molecule has 0 aliphatic rings. The van der Waals surface area contributed by atoms with Crippen molar-refractivity contribution >= 4 is 21.6 Å². The second kappa shape index (κ2) is 5.77. The van der Waals surface area contributed by atoms with Crippen molar-refractivity contribution in [3.8, 4) is 0 Å². The summed E-state index contributed by atoms with van der Waals surface area (Å²) in [5, 5.41) is 0.456. The summed E-state index contributed by atoms with van der Waals surface area (Å²) in [7, 11) is -1.90. The minimum atomic E-state index is -3.42. The Bertz CT molecular complexity index is 638. The summed E-state index contributed by atoms with van der Waals surface area (Å²) in [6.45, 7) is 0.208. The van der Waals surface area contributed by atoms with E-state index < -0.39 is 10.0 Å². The molecule has 1 aromatic carbocycles. The molecule has 0 spiro atoms. The van der Waals surface area contributed by atoms with Crippen LogP contribution in [0.3, 0.4) is 0 Å². The van der Waals surface area contributed by atoms with E-state index in [1.54, 1.807) is 36.4 Å². The molecule has 0 saturated heterocycles. The second-order valence-corrected chi connectivity index (χ2v) is 6.67. The number of nitrogens with zero attached hydrogens (tertiary/aromatic N) is 1. The van der Waals surface area contributed by atoms with Crippen molar-refractivity contribution in [1.82, 2.24) is 4.31 Å². The molecule has 0 N–H and O–H groups in total. The molecule has 0 unspecified atom stereocenters. The summed E-state index contributed by atoms with van der Waals surface area (Å²) in [5.74, 6) is 0.481. The average Bonchev–Trinajstić information content (AvgIpc) is 2.84. The van der Waals surface area contributed by atoms with Crippen molar-refractivity contribution in [2.75, 3.05) is 7.05 Å². The van der Waals surface area contributed by atoms with Gasteiger partial charge in [0.25, 0.3) is 0 Å². The zero-order valence-corrected chi connectivity index (χ0v) is 12.0. The van der Waals surface area contributed by atoms with Crippen LogP contribution < -0.4 is 0 Å². The van der Waals surface area contributed by atoms with Crippen molar-refractivity contribution in [3.63, 3.8) is 0 Å². The molecule has 0 saturated carbocycles. The third-order valence-electron chi connectivity index (χ3n) is 2.73. The molecule has 0 amide bonds. The van der Waals surface area contributed by atoms with Crippen LogP contribution in [0.4, 0.5) is 0 Å². The predicted molar refractivity (Wildman–Crippen MR) is 74.3 cm³/mol. The fourth-order valence-corrected chi connectivity index (χ4v) is 3.11. The molecular weight excluding hydrogens is 286 g/mol. The SMILES string of the molecule is CN(Cc1ccco1)S(=O)(=O)Cc1ccccc1Cl. The molecule has 6 heteroatoms. The van der Waals surface area contributed by atoms with Crippen molar-refractivity contribution in [3.05, 3.63) is 59.0 Å². The zero-order chi connectivity index (χ0) is 13.9. The Morgan fingerprint density at radius 3 is 2.58 bits per heavy atom. The normalized spacial score (nSPS) is 11.9. The van der Waals surface area contributed by atoms with Gasteiger partial charge in [0.2, 0.25) is 10.0 Å². The lowest BCUT2D eigenvalue weighted by atomic mass is 10.2. The van der Waals surface area contributed by atoms with Crippen LogP contribution in [0.15, 0.2) is 47.1 Å². The first kappa shape index (κ1) is 14.1. The summed E-state index contributed by atoms with van der Waals surface area (Å²) >= 11 is 5.98. The molecule has 0 fully saturated rings. The standard InChI is InChI=1S/C13H14ClNO3S/c1-15(9-12-6-4-8-18-12)19(16,17)10-11-5-2-3-7-13(11)14/h2-8H,9-10H2,1H3. The fraction of sp³-hybridized carbons (Fsp3) is 0.231. The molecule has 0 radical (unpaired) electrons. The fourth-order valence-electron chi connectivity index (χ4n) is 1.64. The van der Waals surface area contributed by atoms with Crippen molar-refractivity contribution in [1.29, 1.82) is 0 Å². The van der Waals surface area contributed by atoms with Crippen molar-refractivity contribution in [2.45, 2.75) is 12.3 Å². The Morgan fingerprint density at radius 2 is 1.95 bits per heavy atom. The Labute approximate surface area is 117 Å². The number of sulfonamides is 1. The maximum Gasteiger partial charge on any atom is 0.218 e. The van der Waals surface area contributed by atoms with Gasteiger partial charge in [0.1, 0.15) is 5.76 Å². The van der Waals surface area contributed by atoms with Gasteiger partial charge in [-0.25, -0.2) is 8.42 Å². The van der Waals surface area contributed by atoms with Crippen LogP contribution in [-0.4, -0.2) is 19.8 Å². The molecule has 102 valence electrons. The predicted octanol–water partition coefficient (Wildman–Crippen LogP) is 2.89. The minimum absolute atomic E-state index is 0.121. The Balaban J connectivity index is 2.12. The Hall–Kier alpha value is -1.30. The molecular formula is C13H14ClNO3S. The third-order valence-corrected chi connectivity index (χ3v) is 4.85. The third kappa shape index (κ3) is 3.59. The number of rotatable bonds is 5. The minimum Gasteiger partial charge on any atom is -0.468 e. The van der Waals surface area contributed by atoms with Gasteiger partial charge in [-0.3, -0.25) is 0 Å². The van der Waals surface area contributed by atoms with Crippen LogP contribution >= 0.6 is 11.6 Å². The Kier molecular flexibility index (Phi) is 4.29. The average molecular weight is 300 g/mol. The molecule has 2 rings (SSSR count). The number of benzene rings is 1. The number of hydrogen-bond acceptors (Lipinski definition) is 3. The molecule has 1 heterocycles. The lowest BCUT2D eigenvalue weighted by Crippen LogP contribution is -2.27. The van der Waals surface area contributed by atoms with E-state index in [-0.39, 0.29) is 12.3 Å². The van der Waals surface area contributed by atoms with Crippen molar-refractivity contribution in [2.24, 2.45) is 0 Å². The molecule has 1 aromatic heterocycles. The van der Waals surface area contributed by atoms with Gasteiger partial charge in [-0.1, -0.05) is 29.8 Å². The van der Waals surface area contributed by atoms with E-state index in [9.17, 15) is 8.42 Å². The van der Waals surface area contributed by atoms with Gasteiger partial charge >= 0.3 is 0 Å². The molecule has 0 bridgehead atoms. The van der Waals surface area contributed by atoms with E-state index in [0.717, 1.165) is 0 Å². The van der Waals surface area contributed by atoms with Gasteiger partial charge in [-0.15, -0.1) is 0 Å². The topological polar surface area (TPSA) is 50.5 Å². The summed E-state index contributed by atoms with van der Waals surface area (Å²) < 4.78 is 30.8. The number of hydrogen-bond donors (Lipinski definition) is 0. The molecule has 4 nitrogen and oxygen atoms in total. The second-order valence-electron chi connectivity index (χ2n) is 4.18. The highest BCUT2D eigenvalue weighted by Crippen LogP contribution is 2.19. The maximum absolute atomic E-state index is 12.2. The summed E-state index contributed by atoms with van der Waals surface area (Å²) in [5.41, 5.74) is 0.593. The van der Waals surface area contributed by atoms with Gasteiger partial charge in [0.05, 0.1) is 18.6 Å². The van der Waals surface area contributed by atoms with Crippen LogP contribution in [0.5, 0.6) is 0 Å². The van der Waals surface area contributed by atoms with Gasteiger partial charge in [0.15, 0.2) is 0 Å². The van der Waals surface area contributed by atoms with Crippen LogP contribution in [0, 0.1) is 0 Å². The van der Waals surface area contributed by atoms with E-state index in [1.807, 2.05) is 0 Å². The summed E-state index contributed by atoms with van der Waals surface area (Å²) in [6.07, 6.45) is 1.52. The first-order chi connectivity index (χ1) is 8.99. The van der Waals surface area contributed by atoms with E-state index in [1.165, 1.54) is 17.6 Å². The molecule has 2 aromatic rings. The smallest absolute Gasteiger partial charge is 0.218 e. The van der Waals surface area contributed by atoms with Gasteiger partial charge < -0.3 is 4.42 Å². The molecule has 19 heavy (non-hydrogen) atoms.